The number of amides is 1. The summed E-state index contributed by atoms with van der Waals surface area (Å²) in [6.45, 7) is 0.427. The highest BCUT2D eigenvalue weighted by molar-refractivity contribution is 6.07. The number of carbonyl (C=O) groups is 2. The number of nitrogen functional groups attached to an aromatic ring is 1. The van der Waals surface area contributed by atoms with Crippen LogP contribution in [0.25, 0.3) is 5.69 Å². The number of ketones is 1. The van der Waals surface area contributed by atoms with Crippen molar-refractivity contribution in [2.75, 3.05) is 12.3 Å². The third-order valence-corrected chi connectivity index (χ3v) is 5.27. The Morgan fingerprint density at radius 3 is 2.77 bits per heavy atom. The van der Waals surface area contributed by atoms with Gasteiger partial charge in [0.05, 0.1) is 29.1 Å². The minimum Gasteiger partial charge on any atom is -0.383 e. The van der Waals surface area contributed by atoms with E-state index in [9.17, 15) is 18.8 Å². The third-order valence-electron chi connectivity index (χ3n) is 5.27. The van der Waals surface area contributed by atoms with Gasteiger partial charge in [-0.2, -0.15) is 5.10 Å². The van der Waals surface area contributed by atoms with E-state index in [1.807, 2.05) is 0 Å². The van der Waals surface area contributed by atoms with Crippen molar-refractivity contribution in [2.45, 2.75) is 18.9 Å². The summed E-state index contributed by atoms with van der Waals surface area (Å²) in [7, 11) is 1.56. The number of Topliss-reactive ketones (excluding diaryl/α,β-unsaturated/α-hetero) is 1. The van der Waals surface area contributed by atoms with Crippen molar-refractivity contribution in [1.29, 1.82) is 0 Å². The summed E-state index contributed by atoms with van der Waals surface area (Å²) in [6, 6.07) is 7.83. The molecule has 1 saturated heterocycles. The summed E-state index contributed by atoms with van der Waals surface area (Å²) in [4.78, 5) is 39.2. The van der Waals surface area contributed by atoms with Gasteiger partial charge in [0, 0.05) is 25.9 Å². The first-order valence-electron chi connectivity index (χ1n) is 9.48. The predicted octanol–water partition coefficient (Wildman–Crippen LogP) is 1.78. The fraction of sp³-hybridized carbons (Fsp3) is 0.238. The molecule has 0 spiro atoms. The molecule has 2 N–H and O–H groups in total. The lowest BCUT2D eigenvalue weighted by Gasteiger charge is -2.23. The first-order chi connectivity index (χ1) is 14.4. The topological polar surface area (TPSA) is 103 Å². The summed E-state index contributed by atoms with van der Waals surface area (Å²) in [6.07, 6.45) is 3.98. The van der Waals surface area contributed by atoms with Crippen LogP contribution in [0.5, 0.6) is 0 Å². The molecule has 1 amide bonds. The van der Waals surface area contributed by atoms with E-state index in [2.05, 4.69) is 5.10 Å². The summed E-state index contributed by atoms with van der Waals surface area (Å²) < 4.78 is 16.2. The Morgan fingerprint density at radius 1 is 1.23 bits per heavy atom. The maximum Gasteiger partial charge on any atom is 0.255 e. The smallest absolute Gasteiger partial charge is 0.255 e. The lowest BCUT2D eigenvalue weighted by molar-refractivity contribution is 0.0671. The molecular formula is C21H20FN5O3. The Balaban J connectivity index is 1.62. The van der Waals surface area contributed by atoms with Crippen molar-refractivity contribution in [3.63, 3.8) is 0 Å². The van der Waals surface area contributed by atoms with Crippen LogP contribution in [0.1, 0.15) is 33.6 Å². The number of rotatable bonds is 4. The van der Waals surface area contributed by atoms with E-state index in [1.165, 1.54) is 56.9 Å². The van der Waals surface area contributed by atoms with Crippen molar-refractivity contribution < 1.29 is 14.0 Å². The molecule has 154 valence electrons. The number of aryl methyl sites for hydroxylation is 1. The number of halogens is 1. The van der Waals surface area contributed by atoms with Gasteiger partial charge in [-0.05, 0) is 37.1 Å². The van der Waals surface area contributed by atoms with Gasteiger partial charge in [0.15, 0.2) is 5.78 Å². The van der Waals surface area contributed by atoms with Gasteiger partial charge in [0.25, 0.3) is 5.91 Å². The fourth-order valence-corrected chi connectivity index (χ4v) is 3.71. The van der Waals surface area contributed by atoms with Crippen LogP contribution in [-0.2, 0) is 7.05 Å². The van der Waals surface area contributed by atoms with E-state index in [0.29, 0.717) is 30.6 Å². The molecule has 30 heavy (non-hydrogen) atoms. The first kappa shape index (κ1) is 19.6. The summed E-state index contributed by atoms with van der Waals surface area (Å²) in [5.74, 6) is -0.990. The zero-order valence-corrected chi connectivity index (χ0v) is 16.3. The van der Waals surface area contributed by atoms with E-state index < -0.39 is 11.9 Å². The molecule has 0 saturated carbocycles. The Bertz CT molecular complexity index is 1200. The van der Waals surface area contributed by atoms with Crippen molar-refractivity contribution >= 4 is 17.5 Å². The van der Waals surface area contributed by atoms with Crippen LogP contribution >= 0.6 is 0 Å². The number of benzene rings is 1. The van der Waals surface area contributed by atoms with Gasteiger partial charge in [0.1, 0.15) is 11.6 Å². The van der Waals surface area contributed by atoms with Crippen molar-refractivity contribution in [3.8, 4) is 5.69 Å². The average molecular weight is 409 g/mol. The molecule has 0 unspecified atom stereocenters. The number of carbonyl (C=O) groups excluding carboxylic acids is 2. The van der Waals surface area contributed by atoms with Crippen molar-refractivity contribution in [2.24, 2.45) is 7.05 Å². The van der Waals surface area contributed by atoms with Crippen LogP contribution in [0, 0.1) is 5.82 Å². The number of hydrogen-bond donors (Lipinski definition) is 1. The number of nitrogens with zero attached hydrogens (tertiary/aromatic N) is 4. The zero-order valence-electron chi connectivity index (χ0n) is 16.3. The lowest BCUT2D eigenvalue weighted by atomic mass is 10.0. The number of nitrogens with two attached hydrogens (primary N) is 1. The van der Waals surface area contributed by atoms with Gasteiger partial charge in [-0.15, -0.1) is 0 Å². The third kappa shape index (κ3) is 3.38. The summed E-state index contributed by atoms with van der Waals surface area (Å²) in [5.41, 5.74) is 6.83. The van der Waals surface area contributed by atoms with Gasteiger partial charge in [0.2, 0.25) is 5.56 Å². The Kier molecular flexibility index (Phi) is 4.94. The molecule has 0 bridgehead atoms. The molecule has 1 aromatic carbocycles. The molecule has 1 aliphatic rings. The van der Waals surface area contributed by atoms with Crippen LogP contribution in [-0.4, -0.2) is 43.5 Å². The van der Waals surface area contributed by atoms with E-state index in [-0.39, 0.29) is 28.6 Å². The monoisotopic (exact) mass is 409 g/mol. The quantitative estimate of drug-likeness (QED) is 0.662. The second-order valence-electron chi connectivity index (χ2n) is 7.22. The first-order valence-corrected chi connectivity index (χ1v) is 9.48. The number of hydrogen-bond acceptors (Lipinski definition) is 5. The highest BCUT2D eigenvalue weighted by Crippen LogP contribution is 2.26. The van der Waals surface area contributed by atoms with Crippen LogP contribution in [0.4, 0.5) is 10.2 Å². The molecule has 0 aliphatic carbocycles. The highest BCUT2D eigenvalue weighted by Gasteiger charge is 2.36. The van der Waals surface area contributed by atoms with Gasteiger partial charge in [-0.1, -0.05) is 6.07 Å². The number of anilines is 1. The van der Waals surface area contributed by atoms with Crippen LogP contribution < -0.4 is 11.3 Å². The predicted molar refractivity (Wildman–Crippen MR) is 108 cm³/mol. The van der Waals surface area contributed by atoms with E-state index in [1.54, 1.807) is 13.1 Å². The largest absolute Gasteiger partial charge is 0.383 e. The van der Waals surface area contributed by atoms with Gasteiger partial charge < -0.3 is 15.2 Å². The van der Waals surface area contributed by atoms with Gasteiger partial charge in [-0.3, -0.25) is 14.4 Å². The SMILES string of the molecule is Cn1cc(C(=O)N2CCC[C@@H]2C(=O)c2cnn(-c3cccc(F)c3)c2N)ccc1=O. The number of aromatic nitrogens is 3. The highest BCUT2D eigenvalue weighted by atomic mass is 19.1. The van der Waals surface area contributed by atoms with Crippen LogP contribution in [0.3, 0.4) is 0 Å². The molecule has 0 radical (unpaired) electrons. The Labute approximate surface area is 171 Å². The minimum atomic E-state index is -0.679. The molecule has 3 aromatic rings. The number of pyridine rings is 1. The summed E-state index contributed by atoms with van der Waals surface area (Å²) >= 11 is 0. The van der Waals surface area contributed by atoms with Crippen LogP contribution in [0.2, 0.25) is 0 Å². The second-order valence-corrected chi connectivity index (χ2v) is 7.22. The number of likely N-dealkylation sites (tertiary alicyclic amines) is 1. The maximum absolute atomic E-state index is 13.5. The molecule has 1 fully saturated rings. The molecule has 3 heterocycles. The van der Waals surface area contributed by atoms with E-state index in [0.717, 1.165) is 0 Å². The molecule has 4 rings (SSSR count). The molecule has 2 aromatic heterocycles. The maximum atomic E-state index is 13.5. The standard InChI is InChI=1S/C21H20FN5O3/c1-25-12-13(7-8-18(25)28)21(30)26-9-3-6-17(26)19(29)16-11-24-27(20(16)23)15-5-2-4-14(22)10-15/h2,4-5,7-8,10-12,17H,3,6,9,23H2,1H3/t17-/m1/s1. The Morgan fingerprint density at radius 2 is 2.03 bits per heavy atom. The van der Waals surface area contributed by atoms with Gasteiger partial charge >= 0.3 is 0 Å². The molecule has 1 atom stereocenters. The van der Waals surface area contributed by atoms with Crippen LogP contribution in [0.15, 0.2) is 53.6 Å². The molecule has 8 nitrogen and oxygen atoms in total. The fourth-order valence-electron chi connectivity index (χ4n) is 3.71. The molecule has 1 aliphatic heterocycles. The molecule has 9 heteroatoms. The normalized spacial score (nSPS) is 16.1. The molecular weight excluding hydrogens is 389 g/mol. The van der Waals surface area contributed by atoms with Crippen molar-refractivity contribution in [3.05, 3.63) is 76.1 Å². The zero-order chi connectivity index (χ0) is 21.4. The van der Waals surface area contributed by atoms with E-state index in [4.69, 9.17) is 5.73 Å². The van der Waals surface area contributed by atoms with Gasteiger partial charge in [-0.25, -0.2) is 9.07 Å². The van der Waals surface area contributed by atoms with Crippen molar-refractivity contribution in [1.82, 2.24) is 19.2 Å². The summed E-state index contributed by atoms with van der Waals surface area (Å²) in [5, 5.41) is 4.13. The van der Waals surface area contributed by atoms with E-state index >= 15 is 0 Å². The Hall–Kier alpha value is -3.75. The minimum absolute atomic E-state index is 0.0898. The second kappa shape index (κ2) is 7.58. The average Bonchev–Trinajstić information content (AvgIpc) is 3.36. The lowest BCUT2D eigenvalue weighted by Crippen LogP contribution is -2.41.